The van der Waals surface area contributed by atoms with Crippen LogP contribution in [0.3, 0.4) is 0 Å². The van der Waals surface area contributed by atoms with E-state index < -0.39 is 0 Å². The Balaban J connectivity index is 2.95. The second kappa shape index (κ2) is 4.57. The molecular formula is C9H11IN2O. The summed E-state index contributed by atoms with van der Waals surface area (Å²) in [5.41, 5.74) is 3.49. The highest BCUT2D eigenvalue weighted by molar-refractivity contribution is 14.1. The minimum Gasteiger partial charge on any atom is -0.277 e. The van der Waals surface area contributed by atoms with Crippen molar-refractivity contribution in [2.45, 2.75) is 0 Å². The molecule has 0 radical (unpaired) electrons. The molecule has 0 saturated heterocycles. The van der Waals surface area contributed by atoms with E-state index in [4.69, 9.17) is 0 Å². The third-order valence-corrected chi connectivity index (χ3v) is 2.68. The topological polar surface area (TPSA) is 32.3 Å². The summed E-state index contributed by atoms with van der Waals surface area (Å²) in [7, 11) is 3.42. The van der Waals surface area contributed by atoms with Crippen LogP contribution in [0.2, 0.25) is 0 Å². The van der Waals surface area contributed by atoms with Crippen molar-refractivity contribution in [3.8, 4) is 0 Å². The van der Waals surface area contributed by atoms with E-state index >= 15 is 0 Å². The summed E-state index contributed by atoms with van der Waals surface area (Å²) in [5.74, 6) is -0.0208. The highest BCUT2D eigenvalue weighted by Gasteiger charge is 2.12. The van der Waals surface area contributed by atoms with Crippen LogP contribution in [-0.4, -0.2) is 25.0 Å². The van der Waals surface area contributed by atoms with Crippen LogP contribution >= 0.6 is 22.6 Å². The van der Waals surface area contributed by atoms with E-state index in [0.717, 1.165) is 9.13 Å². The van der Waals surface area contributed by atoms with Gasteiger partial charge < -0.3 is 0 Å². The molecule has 1 aromatic rings. The number of hydrogen-bond acceptors (Lipinski definition) is 2. The van der Waals surface area contributed by atoms with E-state index in [-0.39, 0.29) is 5.91 Å². The number of hydrogen-bond donors (Lipinski definition) is 1. The van der Waals surface area contributed by atoms with Crippen LogP contribution in [0.4, 0.5) is 0 Å². The second-order valence-electron chi connectivity index (χ2n) is 2.57. The maximum atomic E-state index is 11.7. The summed E-state index contributed by atoms with van der Waals surface area (Å²) >= 11 is 2.15. The van der Waals surface area contributed by atoms with Crippen LogP contribution in [0.1, 0.15) is 10.4 Å². The van der Waals surface area contributed by atoms with E-state index in [2.05, 4.69) is 28.0 Å². The standard InChI is InChI=1S/C9H11IN2O/c1-11-12(2)9(13)7-5-3-4-6-8(7)10/h3-6,11H,1-2H3. The monoisotopic (exact) mass is 290 g/mol. The van der Waals surface area contributed by atoms with E-state index in [1.165, 1.54) is 5.01 Å². The number of nitrogens with zero attached hydrogens (tertiary/aromatic N) is 1. The Morgan fingerprint density at radius 2 is 2.08 bits per heavy atom. The number of hydrazine groups is 1. The van der Waals surface area contributed by atoms with Crippen LogP contribution in [0.5, 0.6) is 0 Å². The normalized spacial score (nSPS) is 9.77. The van der Waals surface area contributed by atoms with E-state index in [9.17, 15) is 4.79 Å². The first-order valence-corrected chi connectivity index (χ1v) is 4.94. The fraction of sp³-hybridized carbons (Fsp3) is 0.222. The minimum atomic E-state index is -0.0208. The molecule has 0 aliphatic rings. The smallest absolute Gasteiger partial charge is 0.268 e. The summed E-state index contributed by atoms with van der Waals surface area (Å²) in [5, 5.41) is 1.46. The molecule has 0 spiro atoms. The van der Waals surface area contributed by atoms with E-state index in [0.29, 0.717) is 0 Å². The Kier molecular flexibility index (Phi) is 3.68. The van der Waals surface area contributed by atoms with Gasteiger partial charge in [0.2, 0.25) is 0 Å². The molecule has 13 heavy (non-hydrogen) atoms. The van der Waals surface area contributed by atoms with Crippen molar-refractivity contribution in [2.75, 3.05) is 14.1 Å². The van der Waals surface area contributed by atoms with Crippen molar-refractivity contribution in [3.63, 3.8) is 0 Å². The van der Waals surface area contributed by atoms with Gasteiger partial charge in [0, 0.05) is 17.7 Å². The highest BCUT2D eigenvalue weighted by atomic mass is 127. The highest BCUT2D eigenvalue weighted by Crippen LogP contribution is 2.12. The fourth-order valence-corrected chi connectivity index (χ4v) is 1.53. The molecule has 0 atom stereocenters. The molecule has 3 nitrogen and oxygen atoms in total. The molecule has 70 valence electrons. The van der Waals surface area contributed by atoms with Crippen molar-refractivity contribution in [1.29, 1.82) is 0 Å². The lowest BCUT2D eigenvalue weighted by atomic mass is 10.2. The Bertz CT molecular complexity index is 314. The molecule has 0 aliphatic carbocycles. The number of rotatable bonds is 2. The molecule has 0 fully saturated rings. The average Bonchev–Trinajstić information content (AvgIpc) is 2.16. The number of carbonyl (C=O) groups excluding carboxylic acids is 1. The molecule has 0 heterocycles. The Morgan fingerprint density at radius 1 is 1.46 bits per heavy atom. The van der Waals surface area contributed by atoms with Gasteiger partial charge in [-0.05, 0) is 34.7 Å². The van der Waals surface area contributed by atoms with Crippen LogP contribution in [0.15, 0.2) is 24.3 Å². The molecule has 0 aliphatic heterocycles. The van der Waals surface area contributed by atoms with Gasteiger partial charge in [-0.1, -0.05) is 12.1 Å². The zero-order valence-electron chi connectivity index (χ0n) is 7.54. The predicted octanol–water partition coefficient (Wildman–Crippen LogP) is 1.50. The number of nitrogens with one attached hydrogen (secondary N) is 1. The molecule has 0 unspecified atom stereocenters. The maximum Gasteiger partial charge on any atom is 0.268 e. The van der Waals surface area contributed by atoms with Crippen molar-refractivity contribution in [2.24, 2.45) is 0 Å². The van der Waals surface area contributed by atoms with Gasteiger partial charge in [-0.15, -0.1) is 0 Å². The fourth-order valence-electron chi connectivity index (χ4n) is 0.917. The van der Waals surface area contributed by atoms with Crippen LogP contribution in [0, 0.1) is 3.57 Å². The van der Waals surface area contributed by atoms with Gasteiger partial charge in [-0.3, -0.25) is 9.80 Å². The number of halogens is 1. The summed E-state index contributed by atoms with van der Waals surface area (Å²) in [6.45, 7) is 0. The predicted molar refractivity (Wildman–Crippen MR) is 60.3 cm³/mol. The lowest BCUT2D eigenvalue weighted by Crippen LogP contribution is -2.37. The van der Waals surface area contributed by atoms with E-state index in [1.807, 2.05) is 24.3 Å². The zero-order valence-corrected chi connectivity index (χ0v) is 9.70. The molecule has 1 rings (SSSR count). The van der Waals surface area contributed by atoms with Crippen LogP contribution < -0.4 is 5.43 Å². The quantitative estimate of drug-likeness (QED) is 0.661. The Labute approximate surface area is 91.2 Å². The number of benzene rings is 1. The number of amides is 1. The first-order valence-electron chi connectivity index (χ1n) is 3.86. The molecule has 0 bridgehead atoms. The zero-order chi connectivity index (χ0) is 9.84. The van der Waals surface area contributed by atoms with Gasteiger partial charge in [-0.2, -0.15) is 0 Å². The molecule has 1 aromatic carbocycles. The minimum absolute atomic E-state index is 0.0208. The molecule has 0 saturated carbocycles. The first kappa shape index (κ1) is 10.5. The third-order valence-electron chi connectivity index (χ3n) is 1.74. The van der Waals surface area contributed by atoms with Crippen LogP contribution in [0.25, 0.3) is 0 Å². The van der Waals surface area contributed by atoms with Gasteiger partial charge >= 0.3 is 0 Å². The third kappa shape index (κ3) is 2.41. The lowest BCUT2D eigenvalue weighted by Gasteiger charge is -2.15. The van der Waals surface area contributed by atoms with Crippen LogP contribution in [-0.2, 0) is 0 Å². The first-order chi connectivity index (χ1) is 6.16. The summed E-state index contributed by atoms with van der Waals surface area (Å²) in [4.78, 5) is 11.7. The number of carbonyl (C=O) groups is 1. The summed E-state index contributed by atoms with van der Waals surface area (Å²) < 4.78 is 0.965. The summed E-state index contributed by atoms with van der Waals surface area (Å²) in [6.07, 6.45) is 0. The van der Waals surface area contributed by atoms with Gasteiger partial charge in [-0.25, -0.2) is 5.43 Å². The molecule has 0 aromatic heterocycles. The van der Waals surface area contributed by atoms with Gasteiger partial charge in [0.1, 0.15) is 0 Å². The largest absolute Gasteiger partial charge is 0.277 e. The van der Waals surface area contributed by atoms with Gasteiger partial charge in [0.25, 0.3) is 5.91 Å². The molecule has 1 amide bonds. The van der Waals surface area contributed by atoms with Crippen molar-refractivity contribution in [1.82, 2.24) is 10.4 Å². The summed E-state index contributed by atoms with van der Waals surface area (Å²) in [6, 6.07) is 7.51. The SMILES string of the molecule is CNN(C)C(=O)c1ccccc1I. The molecule has 1 N–H and O–H groups in total. The molecular weight excluding hydrogens is 279 g/mol. The Hall–Kier alpha value is -0.620. The van der Waals surface area contributed by atoms with E-state index in [1.54, 1.807) is 14.1 Å². The van der Waals surface area contributed by atoms with Gasteiger partial charge in [0.15, 0.2) is 0 Å². The maximum absolute atomic E-state index is 11.7. The second-order valence-corrected chi connectivity index (χ2v) is 3.73. The lowest BCUT2D eigenvalue weighted by molar-refractivity contribution is 0.0734. The van der Waals surface area contributed by atoms with Crippen molar-refractivity contribution >= 4 is 28.5 Å². The van der Waals surface area contributed by atoms with Gasteiger partial charge in [0.05, 0.1) is 5.56 Å². The van der Waals surface area contributed by atoms with Crippen molar-refractivity contribution < 1.29 is 4.79 Å². The Morgan fingerprint density at radius 3 is 2.62 bits per heavy atom. The van der Waals surface area contributed by atoms with Crippen molar-refractivity contribution in [3.05, 3.63) is 33.4 Å². The average molecular weight is 290 g/mol. The molecule has 4 heteroatoms.